The van der Waals surface area contributed by atoms with Crippen LogP contribution in [0.5, 0.6) is 11.5 Å². The number of methoxy groups -OCH3 is 2. The molecule has 0 amide bonds. The number of aromatic nitrogens is 1. The molecule has 0 saturated heterocycles. The molecule has 1 aromatic carbocycles. The first kappa shape index (κ1) is 13.0. The smallest absolute Gasteiger partial charge is 0.148 e. The van der Waals surface area contributed by atoms with E-state index in [-0.39, 0.29) is 0 Å². The van der Waals surface area contributed by atoms with Crippen LogP contribution in [0.2, 0.25) is 0 Å². The van der Waals surface area contributed by atoms with Crippen molar-refractivity contribution in [2.24, 2.45) is 0 Å². The molecule has 1 aliphatic heterocycles. The maximum Gasteiger partial charge on any atom is 0.148 e. The Morgan fingerprint density at radius 1 is 1.25 bits per heavy atom. The zero-order chi connectivity index (χ0) is 14.1. The van der Waals surface area contributed by atoms with Crippen LogP contribution in [0.1, 0.15) is 11.3 Å². The Bertz CT molecular complexity index is 655. The van der Waals surface area contributed by atoms with Gasteiger partial charge in [-0.05, 0) is 6.07 Å². The molecule has 0 radical (unpaired) electrons. The molecule has 2 heterocycles. The van der Waals surface area contributed by atoms with E-state index in [0.29, 0.717) is 13.2 Å². The van der Waals surface area contributed by atoms with Gasteiger partial charge in [-0.15, -0.1) is 0 Å². The Balaban J connectivity index is 2.36. The van der Waals surface area contributed by atoms with Gasteiger partial charge < -0.3 is 19.5 Å². The van der Waals surface area contributed by atoms with Crippen LogP contribution in [-0.4, -0.2) is 32.9 Å². The van der Waals surface area contributed by atoms with Crippen molar-refractivity contribution in [2.75, 3.05) is 33.2 Å². The maximum absolute atomic E-state index is 5.56. The number of nitrogens with one attached hydrogen (secondary N) is 1. The molecule has 3 rings (SSSR count). The lowest BCUT2D eigenvalue weighted by atomic mass is 10.0. The van der Waals surface area contributed by atoms with Crippen molar-refractivity contribution in [1.82, 2.24) is 4.98 Å². The average Bonchev–Trinajstić information content (AvgIpc) is 2.51. The quantitative estimate of drug-likeness (QED) is 0.931. The second kappa shape index (κ2) is 5.17. The summed E-state index contributed by atoms with van der Waals surface area (Å²) in [6.07, 6.45) is 0.829. The van der Waals surface area contributed by atoms with Crippen LogP contribution in [-0.2, 0) is 17.8 Å². The molecular formula is C15H18N2O3. The van der Waals surface area contributed by atoms with Gasteiger partial charge in [-0.25, -0.2) is 4.98 Å². The third kappa shape index (κ3) is 1.94. The summed E-state index contributed by atoms with van der Waals surface area (Å²) >= 11 is 0. The summed E-state index contributed by atoms with van der Waals surface area (Å²) in [6.45, 7) is 1.31. The van der Waals surface area contributed by atoms with Crippen LogP contribution in [0.4, 0.5) is 5.69 Å². The highest BCUT2D eigenvalue weighted by molar-refractivity contribution is 5.97. The minimum Gasteiger partial charge on any atom is -0.497 e. The van der Waals surface area contributed by atoms with E-state index in [1.54, 1.807) is 14.2 Å². The fourth-order valence-electron chi connectivity index (χ4n) is 2.66. The molecule has 5 nitrogen and oxygen atoms in total. The van der Waals surface area contributed by atoms with Crippen molar-refractivity contribution < 1.29 is 14.2 Å². The lowest BCUT2D eigenvalue weighted by Crippen LogP contribution is -2.14. The van der Waals surface area contributed by atoms with Gasteiger partial charge in [-0.3, -0.25) is 0 Å². The number of hydrogen-bond donors (Lipinski definition) is 1. The van der Waals surface area contributed by atoms with Crippen molar-refractivity contribution in [3.8, 4) is 11.5 Å². The lowest BCUT2D eigenvalue weighted by molar-refractivity contribution is 0.110. The highest BCUT2D eigenvalue weighted by Crippen LogP contribution is 2.38. The topological polar surface area (TPSA) is 52.6 Å². The third-order valence-corrected chi connectivity index (χ3v) is 3.65. The molecule has 0 fully saturated rings. The minimum absolute atomic E-state index is 0.591. The molecule has 0 saturated carbocycles. The first-order valence-electron chi connectivity index (χ1n) is 6.61. The summed E-state index contributed by atoms with van der Waals surface area (Å²) in [6, 6.07) is 3.84. The number of benzene rings is 1. The predicted molar refractivity (Wildman–Crippen MR) is 77.8 cm³/mol. The second-order valence-electron chi connectivity index (χ2n) is 4.69. The van der Waals surface area contributed by atoms with Gasteiger partial charge in [0.15, 0.2) is 0 Å². The van der Waals surface area contributed by atoms with Crippen LogP contribution in [0.25, 0.3) is 10.9 Å². The van der Waals surface area contributed by atoms with Gasteiger partial charge in [-0.1, -0.05) is 0 Å². The highest BCUT2D eigenvalue weighted by Gasteiger charge is 2.20. The van der Waals surface area contributed by atoms with E-state index in [2.05, 4.69) is 5.32 Å². The van der Waals surface area contributed by atoms with Gasteiger partial charge in [0, 0.05) is 30.5 Å². The summed E-state index contributed by atoms with van der Waals surface area (Å²) < 4.78 is 16.4. The van der Waals surface area contributed by atoms with Gasteiger partial charge in [0.1, 0.15) is 17.0 Å². The maximum atomic E-state index is 5.56. The van der Waals surface area contributed by atoms with Crippen molar-refractivity contribution >= 4 is 16.6 Å². The first-order chi connectivity index (χ1) is 9.78. The highest BCUT2D eigenvalue weighted by atomic mass is 16.5. The Morgan fingerprint density at radius 2 is 2.10 bits per heavy atom. The van der Waals surface area contributed by atoms with E-state index in [9.17, 15) is 0 Å². The van der Waals surface area contributed by atoms with E-state index in [1.807, 2.05) is 19.2 Å². The van der Waals surface area contributed by atoms with Crippen LogP contribution in [0, 0.1) is 0 Å². The Morgan fingerprint density at radius 3 is 2.80 bits per heavy atom. The van der Waals surface area contributed by atoms with Crippen LogP contribution >= 0.6 is 0 Å². The molecule has 1 aromatic heterocycles. The fraction of sp³-hybridized carbons (Fsp3) is 0.400. The molecule has 106 valence electrons. The normalized spacial score (nSPS) is 13.9. The SMILES string of the molecule is CNc1c2c(nc3c(OC)cc(OC)cc13)CCOC2. The number of ether oxygens (including phenoxy) is 3. The van der Waals surface area contributed by atoms with Gasteiger partial charge in [0.25, 0.3) is 0 Å². The van der Waals surface area contributed by atoms with Crippen molar-refractivity contribution in [2.45, 2.75) is 13.0 Å². The van der Waals surface area contributed by atoms with E-state index in [4.69, 9.17) is 19.2 Å². The second-order valence-corrected chi connectivity index (χ2v) is 4.69. The van der Waals surface area contributed by atoms with Crippen LogP contribution in [0.15, 0.2) is 12.1 Å². The largest absolute Gasteiger partial charge is 0.497 e. The summed E-state index contributed by atoms with van der Waals surface area (Å²) in [5, 5.41) is 4.26. The number of pyridine rings is 1. The summed E-state index contributed by atoms with van der Waals surface area (Å²) in [4.78, 5) is 4.77. The van der Waals surface area contributed by atoms with Gasteiger partial charge in [0.05, 0.1) is 38.8 Å². The molecule has 0 bridgehead atoms. The third-order valence-electron chi connectivity index (χ3n) is 3.65. The van der Waals surface area contributed by atoms with Crippen LogP contribution < -0.4 is 14.8 Å². The molecule has 20 heavy (non-hydrogen) atoms. The zero-order valence-corrected chi connectivity index (χ0v) is 11.9. The molecule has 0 spiro atoms. The number of hydrogen-bond acceptors (Lipinski definition) is 5. The molecule has 1 aliphatic rings. The molecule has 2 aromatic rings. The number of fused-ring (bicyclic) bond motifs is 2. The molecule has 0 aliphatic carbocycles. The first-order valence-corrected chi connectivity index (χ1v) is 6.61. The van der Waals surface area contributed by atoms with E-state index in [0.717, 1.165) is 45.8 Å². The molecular weight excluding hydrogens is 256 g/mol. The predicted octanol–water partition coefficient (Wildman–Crippen LogP) is 2.37. The van der Waals surface area contributed by atoms with E-state index in [1.165, 1.54) is 0 Å². The van der Waals surface area contributed by atoms with Crippen molar-refractivity contribution in [3.63, 3.8) is 0 Å². The summed E-state index contributed by atoms with van der Waals surface area (Å²) in [7, 11) is 5.21. The average molecular weight is 274 g/mol. The van der Waals surface area contributed by atoms with E-state index >= 15 is 0 Å². The zero-order valence-electron chi connectivity index (χ0n) is 11.9. The Labute approximate surface area is 117 Å². The number of nitrogens with zero attached hydrogens (tertiary/aromatic N) is 1. The Hall–Kier alpha value is -2.01. The summed E-state index contributed by atoms with van der Waals surface area (Å²) in [5.41, 5.74) is 4.11. The standard InChI is InChI=1S/C15H18N2O3/c1-16-14-10-6-9(18-2)7-13(19-3)15(10)17-12-4-5-20-8-11(12)14/h6-7H,4-5,8H2,1-3H3,(H,16,17). The minimum atomic E-state index is 0.591. The molecule has 0 atom stereocenters. The van der Waals surface area contributed by atoms with Gasteiger partial charge >= 0.3 is 0 Å². The van der Waals surface area contributed by atoms with E-state index < -0.39 is 0 Å². The number of rotatable bonds is 3. The molecule has 5 heteroatoms. The molecule has 0 unspecified atom stereocenters. The fourth-order valence-corrected chi connectivity index (χ4v) is 2.66. The Kier molecular flexibility index (Phi) is 3.36. The summed E-state index contributed by atoms with van der Waals surface area (Å²) in [5.74, 6) is 1.48. The molecule has 1 N–H and O–H groups in total. The lowest BCUT2D eigenvalue weighted by Gasteiger charge is -2.22. The van der Waals surface area contributed by atoms with Crippen LogP contribution in [0.3, 0.4) is 0 Å². The van der Waals surface area contributed by atoms with Gasteiger partial charge in [-0.2, -0.15) is 0 Å². The number of anilines is 1. The van der Waals surface area contributed by atoms with Gasteiger partial charge in [0.2, 0.25) is 0 Å². The van der Waals surface area contributed by atoms with Crippen molar-refractivity contribution in [1.29, 1.82) is 0 Å². The monoisotopic (exact) mass is 274 g/mol. The van der Waals surface area contributed by atoms with Crippen molar-refractivity contribution in [3.05, 3.63) is 23.4 Å².